The van der Waals surface area contributed by atoms with Gasteiger partial charge in [0.05, 0.1) is 21.9 Å². The fourth-order valence-corrected chi connectivity index (χ4v) is 3.85. The Morgan fingerprint density at radius 2 is 1.69 bits per heavy atom. The molecular formula is C25H22N4O5S. The Morgan fingerprint density at radius 1 is 1.03 bits per heavy atom. The Bertz CT molecular complexity index is 1410. The number of hydrazone groups is 1. The normalized spacial score (nSPS) is 14.7. The lowest BCUT2D eigenvalue weighted by molar-refractivity contribution is -0.118. The third-order valence-electron chi connectivity index (χ3n) is 5.09. The van der Waals surface area contributed by atoms with E-state index < -0.39 is 10.0 Å². The zero-order chi connectivity index (χ0) is 25.0. The number of amides is 2. The van der Waals surface area contributed by atoms with Gasteiger partial charge >= 0.3 is 0 Å². The van der Waals surface area contributed by atoms with Crippen LogP contribution in [0.4, 0.5) is 11.4 Å². The van der Waals surface area contributed by atoms with Crippen LogP contribution < -0.4 is 20.2 Å². The molecule has 0 unspecified atom stereocenters. The molecule has 0 bridgehead atoms. The van der Waals surface area contributed by atoms with Crippen LogP contribution in [0.3, 0.4) is 0 Å². The van der Waals surface area contributed by atoms with Gasteiger partial charge in [0.1, 0.15) is 5.75 Å². The summed E-state index contributed by atoms with van der Waals surface area (Å²) >= 11 is 0. The number of nitrogens with one attached hydrogen (secondary N) is 1. The molecule has 35 heavy (non-hydrogen) atoms. The molecule has 4 rings (SSSR count). The van der Waals surface area contributed by atoms with Gasteiger partial charge in [-0.25, -0.2) is 13.6 Å². The molecule has 0 fully saturated rings. The number of sulfonamides is 1. The van der Waals surface area contributed by atoms with Crippen molar-refractivity contribution in [1.29, 1.82) is 0 Å². The minimum Gasteiger partial charge on any atom is -0.484 e. The number of anilines is 2. The van der Waals surface area contributed by atoms with E-state index in [1.807, 2.05) is 18.2 Å². The van der Waals surface area contributed by atoms with Crippen LogP contribution in [0.5, 0.6) is 5.75 Å². The molecule has 3 aromatic rings. The number of benzene rings is 3. The first-order valence-electron chi connectivity index (χ1n) is 10.5. The second-order valence-corrected chi connectivity index (χ2v) is 9.23. The summed E-state index contributed by atoms with van der Waals surface area (Å²) < 4.78 is 28.4. The number of hydrogen-bond donors (Lipinski definition) is 2. The third kappa shape index (κ3) is 5.81. The number of para-hydroxylation sites is 1. The van der Waals surface area contributed by atoms with Crippen LogP contribution in [-0.2, 0) is 19.6 Å². The summed E-state index contributed by atoms with van der Waals surface area (Å²) in [6.45, 7) is 1.57. The number of rotatable bonds is 7. The molecule has 0 spiro atoms. The van der Waals surface area contributed by atoms with Crippen LogP contribution in [0, 0.1) is 0 Å². The smallest absolute Gasteiger partial charge is 0.280 e. The Hall–Kier alpha value is -4.28. The van der Waals surface area contributed by atoms with Gasteiger partial charge in [0, 0.05) is 5.69 Å². The highest BCUT2D eigenvalue weighted by Gasteiger charge is 2.28. The average molecular weight is 491 g/mol. The fourth-order valence-electron chi connectivity index (χ4n) is 3.33. The van der Waals surface area contributed by atoms with Crippen LogP contribution in [0.2, 0.25) is 0 Å². The van der Waals surface area contributed by atoms with Crippen molar-refractivity contribution in [3.05, 3.63) is 90.0 Å². The molecule has 1 aliphatic heterocycles. The van der Waals surface area contributed by atoms with Crippen LogP contribution >= 0.6 is 0 Å². The minimum atomic E-state index is -3.83. The van der Waals surface area contributed by atoms with Crippen molar-refractivity contribution in [3.63, 3.8) is 0 Å². The predicted molar refractivity (Wildman–Crippen MR) is 133 cm³/mol. The minimum absolute atomic E-state index is 0.0516. The summed E-state index contributed by atoms with van der Waals surface area (Å²) in [5.41, 5.74) is 2.77. The lowest BCUT2D eigenvalue weighted by Gasteiger charge is -2.12. The molecule has 2 amide bonds. The Labute approximate surface area is 202 Å². The SMILES string of the molecule is CC1=NN(c2ccc(S(N)(=O)=O)cc2)C(=O)/C1=C\c1ccc(OCC(=O)Nc2ccccc2)cc1. The molecule has 0 aromatic heterocycles. The van der Waals surface area contributed by atoms with E-state index in [0.717, 1.165) is 5.56 Å². The number of primary sulfonamides is 1. The van der Waals surface area contributed by atoms with E-state index in [4.69, 9.17) is 9.88 Å². The van der Waals surface area contributed by atoms with Gasteiger partial charge in [0.2, 0.25) is 10.0 Å². The van der Waals surface area contributed by atoms with E-state index in [1.54, 1.807) is 49.4 Å². The number of ether oxygens (including phenoxy) is 1. The molecule has 1 aliphatic rings. The zero-order valence-electron chi connectivity index (χ0n) is 18.7. The molecule has 0 radical (unpaired) electrons. The van der Waals surface area contributed by atoms with Gasteiger partial charge in [-0.3, -0.25) is 9.59 Å². The summed E-state index contributed by atoms with van der Waals surface area (Å²) in [6.07, 6.45) is 1.70. The molecule has 0 saturated carbocycles. The zero-order valence-corrected chi connectivity index (χ0v) is 19.5. The monoisotopic (exact) mass is 490 g/mol. The highest BCUT2D eigenvalue weighted by atomic mass is 32.2. The van der Waals surface area contributed by atoms with Gasteiger partial charge in [-0.2, -0.15) is 10.1 Å². The average Bonchev–Trinajstić information content (AvgIpc) is 3.12. The number of carbonyl (C=O) groups excluding carboxylic acids is 2. The molecular weight excluding hydrogens is 468 g/mol. The Kier molecular flexibility index (Phi) is 6.76. The van der Waals surface area contributed by atoms with E-state index >= 15 is 0 Å². The molecule has 3 N–H and O–H groups in total. The summed E-state index contributed by atoms with van der Waals surface area (Å²) in [5, 5.41) is 13.4. The first-order valence-corrected chi connectivity index (χ1v) is 12.1. The fraction of sp³-hybridized carbons (Fsp3) is 0.0800. The highest BCUT2D eigenvalue weighted by molar-refractivity contribution is 7.89. The van der Waals surface area contributed by atoms with Crippen LogP contribution in [0.1, 0.15) is 12.5 Å². The lowest BCUT2D eigenvalue weighted by Crippen LogP contribution is -2.21. The first-order chi connectivity index (χ1) is 16.7. The van der Waals surface area contributed by atoms with E-state index in [0.29, 0.717) is 28.4 Å². The summed E-state index contributed by atoms with van der Waals surface area (Å²) in [5.74, 6) is -0.109. The van der Waals surface area contributed by atoms with Crippen LogP contribution in [-0.4, -0.2) is 32.6 Å². The molecule has 0 atom stereocenters. The second kappa shape index (κ2) is 9.92. The van der Waals surface area contributed by atoms with Gasteiger partial charge in [0.25, 0.3) is 11.8 Å². The molecule has 0 saturated heterocycles. The topological polar surface area (TPSA) is 131 Å². The lowest BCUT2D eigenvalue weighted by atomic mass is 10.1. The van der Waals surface area contributed by atoms with Crippen LogP contribution in [0.25, 0.3) is 6.08 Å². The maximum absolute atomic E-state index is 12.9. The third-order valence-corrected chi connectivity index (χ3v) is 6.02. The number of hydrogen-bond acceptors (Lipinski definition) is 6. The molecule has 1 heterocycles. The van der Waals surface area contributed by atoms with Gasteiger partial charge in [-0.05, 0) is 67.1 Å². The molecule has 9 nitrogen and oxygen atoms in total. The summed E-state index contributed by atoms with van der Waals surface area (Å²) in [6, 6.07) is 21.6. The van der Waals surface area contributed by atoms with Crippen molar-refractivity contribution in [2.24, 2.45) is 10.2 Å². The predicted octanol–water partition coefficient (Wildman–Crippen LogP) is 3.16. The van der Waals surface area contributed by atoms with Crippen molar-refractivity contribution in [3.8, 4) is 5.75 Å². The van der Waals surface area contributed by atoms with E-state index in [2.05, 4.69) is 10.4 Å². The van der Waals surface area contributed by atoms with Crippen molar-refractivity contribution in [1.82, 2.24) is 0 Å². The quantitative estimate of drug-likeness (QED) is 0.491. The molecule has 178 valence electrons. The number of carbonyl (C=O) groups is 2. The molecule has 10 heteroatoms. The standard InChI is InChI=1S/C25H22N4O5S/c1-17-23(25(31)29(28-17)20-9-13-22(14-10-20)35(26,32)33)15-18-7-11-21(12-8-18)34-16-24(30)27-19-5-3-2-4-6-19/h2-15H,16H2,1H3,(H,27,30)(H2,26,32,33)/b23-15-. The van der Waals surface area contributed by atoms with Crippen molar-refractivity contribution >= 4 is 45.0 Å². The van der Waals surface area contributed by atoms with Crippen molar-refractivity contribution < 1.29 is 22.7 Å². The van der Waals surface area contributed by atoms with Crippen molar-refractivity contribution in [2.45, 2.75) is 11.8 Å². The van der Waals surface area contributed by atoms with Crippen LogP contribution in [0.15, 0.2) is 94.4 Å². The Balaban J connectivity index is 1.40. The maximum atomic E-state index is 12.9. The summed E-state index contributed by atoms with van der Waals surface area (Å²) in [7, 11) is -3.83. The maximum Gasteiger partial charge on any atom is 0.280 e. The van der Waals surface area contributed by atoms with E-state index in [1.165, 1.54) is 29.3 Å². The van der Waals surface area contributed by atoms with Gasteiger partial charge in [0.15, 0.2) is 6.61 Å². The molecule has 3 aromatic carbocycles. The van der Waals surface area contributed by atoms with Gasteiger partial charge in [-0.1, -0.05) is 30.3 Å². The largest absolute Gasteiger partial charge is 0.484 e. The van der Waals surface area contributed by atoms with Gasteiger partial charge in [-0.15, -0.1) is 0 Å². The van der Waals surface area contributed by atoms with E-state index in [9.17, 15) is 18.0 Å². The Morgan fingerprint density at radius 3 is 2.31 bits per heavy atom. The number of nitrogens with two attached hydrogens (primary N) is 1. The first kappa shape index (κ1) is 23.9. The van der Waals surface area contributed by atoms with E-state index in [-0.39, 0.29) is 23.3 Å². The van der Waals surface area contributed by atoms with Gasteiger partial charge < -0.3 is 10.1 Å². The second-order valence-electron chi connectivity index (χ2n) is 7.67. The number of nitrogens with zero attached hydrogens (tertiary/aromatic N) is 2. The van der Waals surface area contributed by atoms with Crippen molar-refractivity contribution in [2.75, 3.05) is 16.9 Å². The molecule has 0 aliphatic carbocycles. The highest BCUT2D eigenvalue weighted by Crippen LogP contribution is 2.26. The summed E-state index contributed by atoms with van der Waals surface area (Å²) in [4.78, 5) is 24.9.